The number of hydrogen-bond acceptors (Lipinski definition) is 4. The zero-order chi connectivity index (χ0) is 20.4. The van der Waals surface area contributed by atoms with Crippen molar-refractivity contribution in [1.29, 1.82) is 0 Å². The second-order valence-electron chi connectivity index (χ2n) is 7.24. The molecule has 1 aromatic rings. The molecule has 0 saturated carbocycles. The standard InChI is InChI=1S/C22H36N4O2/c1-5-23-22(26-13-11-20(12-14-26)21(27)28-4)24-16-18-9-8-10-19(15-18)17-25(6-2)7-3/h8-10,15,20H,5-7,11-14,16-17H2,1-4H3,(H,23,24). The molecule has 2 rings (SSSR count). The van der Waals surface area contributed by atoms with Gasteiger partial charge in [0.2, 0.25) is 0 Å². The molecule has 0 bridgehead atoms. The van der Waals surface area contributed by atoms with E-state index in [1.807, 2.05) is 0 Å². The van der Waals surface area contributed by atoms with Crippen molar-refractivity contribution < 1.29 is 9.53 Å². The largest absolute Gasteiger partial charge is 0.469 e. The normalized spacial score (nSPS) is 15.8. The monoisotopic (exact) mass is 388 g/mol. The summed E-state index contributed by atoms with van der Waals surface area (Å²) >= 11 is 0. The summed E-state index contributed by atoms with van der Waals surface area (Å²) in [6.45, 7) is 12.7. The minimum atomic E-state index is -0.0911. The van der Waals surface area contributed by atoms with Gasteiger partial charge in [0.05, 0.1) is 19.6 Å². The van der Waals surface area contributed by atoms with E-state index in [1.165, 1.54) is 18.2 Å². The van der Waals surface area contributed by atoms with E-state index in [2.05, 4.69) is 60.2 Å². The lowest BCUT2D eigenvalue weighted by molar-refractivity contribution is -0.146. The van der Waals surface area contributed by atoms with Crippen molar-refractivity contribution in [2.24, 2.45) is 10.9 Å². The second-order valence-corrected chi connectivity index (χ2v) is 7.24. The summed E-state index contributed by atoms with van der Waals surface area (Å²) in [6.07, 6.45) is 1.63. The number of methoxy groups -OCH3 is 1. The number of piperidine rings is 1. The van der Waals surface area contributed by atoms with Gasteiger partial charge < -0.3 is 15.0 Å². The Bertz CT molecular complexity index is 635. The molecule has 1 heterocycles. The lowest BCUT2D eigenvalue weighted by atomic mass is 9.97. The van der Waals surface area contributed by atoms with Crippen LogP contribution in [0.2, 0.25) is 0 Å². The minimum Gasteiger partial charge on any atom is -0.469 e. The van der Waals surface area contributed by atoms with Gasteiger partial charge in [-0.3, -0.25) is 9.69 Å². The topological polar surface area (TPSA) is 57.2 Å². The highest BCUT2D eigenvalue weighted by Crippen LogP contribution is 2.19. The van der Waals surface area contributed by atoms with E-state index in [0.717, 1.165) is 58.1 Å². The molecule has 0 spiro atoms. The third-order valence-electron chi connectivity index (χ3n) is 5.37. The number of nitrogens with zero attached hydrogens (tertiary/aromatic N) is 3. The number of guanidine groups is 1. The molecular weight excluding hydrogens is 352 g/mol. The van der Waals surface area contributed by atoms with E-state index < -0.39 is 0 Å². The van der Waals surface area contributed by atoms with Gasteiger partial charge in [-0.1, -0.05) is 38.1 Å². The van der Waals surface area contributed by atoms with E-state index >= 15 is 0 Å². The quantitative estimate of drug-likeness (QED) is 0.422. The Hall–Kier alpha value is -2.08. The number of hydrogen-bond donors (Lipinski definition) is 1. The Morgan fingerprint density at radius 2 is 1.89 bits per heavy atom. The van der Waals surface area contributed by atoms with E-state index in [9.17, 15) is 4.79 Å². The molecule has 0 unspecified atom stereocenters. The van der Waals surface area contributed by atoms with Crippen LogP contribution in [0.5, 0.6) is 0 Å². The van der Waals surface area contributed by atoms with Gasteiger partial charge in [-0.25, -0.2) is 4.99 Å². The van der Waals surface area contributed by atoms with Crippen molar-refractivity contribution >= 4 is 11.9 Å². The first-order valence-corrected chi connectivity index (χ1v) is 10.5. The summed E-state index contributed by atoms with van der Waals surface area (Å²) in [7, 11) is 1.47. The molecule has 0 aliphatic carbocycles. The van der Waals surface area contributed by atoms with Gasteiger partial charge in [0.1, 0.15) is 0 Å². The van der Waals surface area contributed by atoms with Crippen LogP contribution in [0.1, 0.15) is 44.7 Å². The summed E-state index contributed by atoms with van der Waals surface area (Å²) in [5.41, 5.74) is 2.56. The molecule has 1 aromatic carbocycles. The molecule has 0 radical (unpaired) electrons. The highest BCUT2D eigenvalue weighted by molar-refractivity contribution is 5.80. The molecule has 0 amide bonds. The number of ether oxygens (including phenoxy) is 1. The maximum atomic E-state index is 11.7. The Morgan fingerprint density at radius 3 is 2.50 bits per heavy atom. The van der Waals surface area contributed by atoms with Crippen molar-refractivity contribution in [2.75, 3.05) is 39.8 Å². The fourth-order valence-electron chi connectivity index (χ4n) is 3.62. The Balaban J connectivity index is 2.00. The Kier molecular flexibility index (Phi) is 9.28. The average Bonchev–Trinajstić information content (AvgIpc) is 2.74. The number of esters is 1. The number of benzene rings is 1. The molecule has 6 nitrogen and oxygen atoms in total. The number of carbonyl (C=O) groups excluding carboxylic acids is 1. The molecule has 28 heavy (non-hydrogen) atoms. The average molecular weight is 389 g/mol. The summed E-state index contributed by atoms with van der Waals surface area (Å²) in [4.78, 5) is 21.3. The Labute approximate surface area is 170 Å². The lowest BCUT2D eigenvalue weighted by Gasteiger charge is -2.33. The molecule has 1 N–H and O–H groups in total. The molecule has 1 aliphatic heterocycles. The van der Waals surface area contributed by atoms with Crippen LogP contribution in [0.4, 0.5) is 0 Å². The van der Waals surface area contributed by atoms with Gasteiger partial charge in [0, 0.05) is 26.2 Å². The molecule has 1 fully saturated rings. The molecule has 1 aliphatic rings. The van der Waals surface area contributed by atoms with Crippen LogP contribution in [0.25, 0.3) is 0 Å². The van der Waals surface area contributed by atoms with Crippen molar-refractivity contribution in [1.82, 2.24) is 15.1 Å². The lowest BCUT2D eigenvalue weighted by Crippen LogP contribution is -2.46. The zero-order valence-corrected chi connectivity index (χ0v) is 17.9. The fourth-order valence-corrected chi connectivity index (χ4v) is 3.62. The van der Waals surface area contributed by atoms with Gasteiger partial charge in [0.25, 0.3) is 0 Å². The van der Waals surface area contributed by atoms with Crippen LogP contribution in [0, 0.1) is 5.92 Å². The molecule has 156 valence electrons. The molecule has 6 heteroatoms. The first-order valence-electron chi connectivity index (χ1n) is 10.5. The van der Waals surface area contributed by atoms with Gasteiger partial charge >= 0.3 is 5.97 Å². The number of aliphatic imine (C=N–C) groups is 1. The van der Waals surface area contributed by atoms with Crippen molar-refractivity contribution in [3.63, 3.8) is 0 Å². The molecular formula is C22H36N4O2. The number of rotatable bonds is 8. The first kappa shape index (κ1) is 22.2. The van der Waals surface area contributed by atoms with Gasteiger partial charge in [-0.15, -0.1) is 0 Å². The van der Waals surface area contributed by atoms with E-state index in [-0.39, 0.29) is 11.9 Å². The van der Waals surface area contributed by atoms with Crippen molar-refractivity contribution in [3.8, 4) is 0 Å². The van der Waals surface area contributed by atoms with Crippen LogP contribution in [0.3, 0.4) is 0 Å². The van der Waals surface area contributed by atoms with Crippen molar-refractivity contribution in [2.45, 2.75) is 46.7 Å². The minimum absolute atomic E-state index is 0.0147. The predicted octanol–water partition coefficient (Wildman–Crippen LogP) is 2.88. The maximum Gasteiger partial charge on any atom is 0.308 e. The summed E-state index contributed by atoms with van der Waals surface area (Å²) in [5, 5.41) is 3.40. The van der Waals surface area contributed by atoms with Crippen LogP contribution < -0.4 is 5.32 Å². The van der Waals surface area contributed by atoms with Gasteiger partial charge in [0.15, 0.2) is 5.96 Å². The van der Waals surface area contributed by atoms with E-state index in [1.54, 1.807) is 0 Å². The third-order valence-corrected chi connectivity index (χ3v) is 5.37. The van der Waals surface area contributed by atoms with Gasteiger partial charge in [-0.05, 0) is 44.0 Å². The van der Waals surface area contributed by atoms with E-state index in [0.29, 0.717) is 6.54 Å². The molecule has 0 aromatic heterocycles. The number of carbonyl (C=O) groups is 1. The first-order chi connectivity index (χ1) is 13.6. The van der Waals surface area contributed by atoms with Crippen LogP contribution >= 0.6 is 0 Å². The van der Waals surface area contributed by atoms with Crippen molar-refractivity contribution in [3.05, 3.63) is 35.4 Å². The van der Waals surface area contributed by atoms with Gasteiger partial charge in [-0.2, -0.15) is 0 Å². The highest BCUT2D eigenvalue weighted by Gasteiger charge is 2.26. The number of likely N-dealkylation sites (tertiary alicyclic amines) is 1. The highest BCUT2D eigenvalue weighted by atomic mass is 16.5. The summed E-state index contributed by atoms with van der Waals surface area (Å²) < 4.78 is 4.89. The molecule has 0 atom stereocenters. The summed E-state index contributed by atoms with van der Waals surface area (Å²) in [5.74, 6) is 0.854. The third kappa shape index (κ3) is 6.51. The summed E-state index contributed by atoms with van der Waals surface area (Å²) in [6, 6.07) is 8.71. The second kappa shape index (κ2) is 11.7. The Morgan fingerprint density at radius 1 is 1.21 bits per heavy atom. The molecule has 1 saturated heterocycles. The van der Waals surface area contributed by atoms with E-state index in [4.69, 9.17) is 9.73 Å². The SMILES string of the molecule is CCNC(=NCc1cccc(CN(CC)CC)c1)N1CCC(C(=O)OC)CC1. The van der Waals surface area contributed by atoms with Crippen LogP contribution in [-0.2, 0) is 22.6 Å². The fraction of sp³-hybridized carbons (Fsp3) is 0.636. The number of nitrogens with one attached hydrogen (secondary N) is 1. The maximum absolute atomic E-state index is 11.7. The predicted molar refractivity (Wildman–Crippen MR) is 114 cm³/mol. The smallest absolute Gasteiger partial charge is 0.308 e. The van der Waals surface area contributed by atoms with Crippen LogP contribution in [-0.4, -0.2) is 61.6 Å². The zero-order valence-electron chi connectivity index (χ0n) is 17.9. The van der Waals surface area contributed by atoms with Crippen LogP contribution in [0.15, 0.2) is 29.3 Å².